The van der Waals surface area contributed by atoms with Gasteiger partial charge in [-0.05, 0) is 45.4 Å². The lowest BCUT2D eigenvalue weighted by Crippen LogP contribution is -2.33. The summed E-state index contributed by atoms with van der Waals surface area (Å²) in [6.07, 6.45) is 1.01. The summed E-state index contributed by atoms with van der Waals surface area (Å²) in [5.41, 5.74) is 7.80. The van der Waals surface area contributed by atoms with Crippen molar-refractivity contribution in [3.8, 4) is 0 Å². The van der Waals surface area contributed by atoms with Crippen molar-refractivity contribution < 1.29 is 9.53 Å². The van der Waals surface area contributed by atoms with Crippen molar-refractivity contribution in [1.82, 2.24) is 0 Å². The van der Waals surface area contributed by atoms with Crippen molar-refractivity contribution in [1.29, 1.82) is 0 Å². The molecule has 1 rings (SSSR count). The first-order valence-corrected chi connectivity index (χ1v) is 6.88. The zero-order valence-corrected chi connectivity index (χ0v) is 12.3. The highest BCUT2D eigenvalue weighted by Crippen LogP contribution is 2.26. The molecule has 4 heteroatoms. The third-order valence-corrected chi connectivity index (χ3v) is 3.29. The molecule has 19 heavy (non-hydrogen) atoms. The third-order valence-electron chi connectivity index (χ3n) is 3.29. The lowest BCUT2D eigenvalue weighted by Gasteiger charge is -2.31. The van der Waals surface area contributed by atoms with Gasteiger partial charge in [0.1, 0.15) is 0 Å². The van der Waals surface area contributed by atoms with E-state index in [9.17, 15) is 4.79 Å². The van der Waals surface area contributed by atoms with E-state index in [0.717, 1.165) is 18.7 Å². The van der Waals surface area contributed by atoms with Gasteiger partial charge in [0.2, 0.25) is 0 Å². The number of anilines is 2. The number of esters is 1. The van der Waals surface area contributed by atoms with Crippen LogP contribution >= 0.6 is 0 Å². The van der Waals surface area contributed by atoms with Gasteiger partial charge in [-0.2, -0.15) is 0 Å². The minimum Gasteiger partial charge on any atom is -0.462 e. The van der Waals surface area contributed by atoms with Crippen molar-refractivity contribution >= 4 is 17.3 Å². The maximum Gasteiger partial charge on any atom is 0.340 e. The molecule has 0 fully saturated rings. The van der Waals surface area contributed by atoms with E-state index in [4.69, 9.17) is 10.5 Å². The van der Waals surface area contributed by atoms with Crippen molar-refractivity contribution in [2.24, 2.45) is 0 Å². The Kier molecular flexibility index (Phi) is 5.67. The predicted molar refractivity (Wildman–Crippen MR) is 79.6 cm³/mol. The molecule has 0 spiro atoms. The number of rotatable bonds is 6. The van der Waals surface area contributed by atoms with Crippen molar-refractivity contribution in [3.63, 3.8) is 0 Å². The van der Waals surface area contributed by atoms with Crippen molar-refractivity contribution in [2.75, 3.05) is 23.8 Å². The van der Waals surface area contributed by atoms with Crippen LogP contribution in [0.2, 0.25) is 0 Å². The van der Waals surface area contributed by atoms with Gasteiger partial charge < -0.3 is 15.4 Å². The number of nitrogens with zero attached hydrogens (tertiary/aromatic N) is 1. The van der Waals surface area contributed by atoms with Crippen LogP contribution in [0.1, 0.15) is 44.5 Å². The topological polar surface area (TPSA) is 55.6 Å². The van der Waals surface area contributed by atoms with Gasteiger partial charge in [0, 0.05) is 18.3 Å². The Morgan fingerprint density at radius 1 is 1.37 bits per heavy atom. The van der Waals surface area contributed by atoms with Crippen LogP contribution in [0.25, 0.3) is 0 Å². The molecule has 1 aromatic carbocycles. The van der Waals surface area contributed by atoms with Gasteiger partial charge >= 0.3 is 5.97 Å². The summed E-state index contributed by atoms with van der Waals surface area (Å²) >= 11 is 0. The zero-order valence-electron chi connectivity index (χ0n) is 12.3. The van der Waals surface area contributed by atoms with Gasteiger partial charge in [-0.1, -0.05) is 6.92 Å². The number of benzene rings is 1. The van der Waals surface area contributed by atoms with E-state index in [-0.39, 0.29) is 5.97 Å². The Hall–Kier alpha value is -1.71. The molecule has 0 aromatic heterocycles. The minimum absolute atomic E-state index is 0.313. The summed E-state index contributed by atoms with van der Waals surface area (Å²) in [7, 11) is 0. The van der Waals surface area contributed by atoms with Gasteiger partial charge in [-0.15, -0.1) is 0 Å². The summed E-state index contributed by atoms with van der Waals surface area (Å²) in [5, 5.41) is 0. The highest BCUT2D eigenvalue weighted by Gasteiger charge is 2.19. The van der Waals surface area contributed by atoms with Crippen LogP contribution in [0.15, 0.2) is 18.2 Å². The smallest absolute Gasteiger partial charge is 0.340 e. The Bertz CT molecular complexity index is 432. The van der Waals surface area contributed by atoms with Gasteiger partial charge in [-0.25, -0.2) is 4.79 Å². The molecule has 0 saturated carbocycles. The first-order chi connectivity index (χ1) is 9.04. The molecular weight excluding hydrogens is 240 g/mol. The summed E-state index contributed by atoms with van der Waals surface area (Å²) in [5.74, 6) is -0.313. The maximum atomic E-state index is 12.0. The molecule has 2 N–H and O–H groups in total. The second kappa shape index (κ2) is 7.02. The van der Waals surface area contributed by atoms with Gasteiger partial charge in [0.05, 0.1) is 17.9 Å². The fraction of sp³-hybridized carbons (Fsp3) is 0.533. The number of nitrogens with two attached hydrogens (primary N) is 1. The first-order valence-electron chi connectivity index (χ1n) is 6.88. The van der Waals surface area contributed by atoms with E-state index in [1.165, 1.54) is 0 Å². The minimum atomic E-state index is -0.313. The molecular formula is C15H24N2O2. The van der Waals surface area contributed by atoms with Crippen molar-refractivity contribution in [3.05, 3.63) is 23.8 Å². The average Bonchev–Trinajstić information content (AvgIpc) is 2.41. The number of carbonyl (C=O) groups is 1. The molecule has 0 radical (unpaired) electrons. The summed E-state index contributed by atoms with van der Waals surface area (Å²) < 4.78 is 5.11. The second-order valence-corrected chi connectivity index (χ2v) is 4.54. The highest BCUT2D eigenvalue weighted by molar-refractivity contribution is 5.97. The van der Waals surface area contributed by atoms with Gasteiger partial charge in [0.25, 0.3) is 0 Å². The monoisotopic (exact) mass is 264 g/mol. The fourth-order valence-electron chi connectivity index (χ4n) is 2.12. The average molecular weight is 264 g/mol. The van der Waals surface area contributed by atoms with Crippen LogP contribution < -0.4 is 10.6 Å². The molecule has 1 aromatic rings. The van der Waals surface area contributed by atoms with Crippen LogP contribution in [-0.2, 0) is 4.74 Å². The Morgan fingerprint density at radius 3 is 2.58 bits per heavy atom. The van der Waals surface area contributed by atoms with Crippen LogP contribution in [0.3, 0.4) is 0 Å². The van der Waals surface area contributed by atoms with Crippen LogP contribution in [0.5, 0.6) is 0 Å². The fourth-order valence-corrected chi connectivity index (χ4v) is 2.12. The number of nitrogen functional groups attached to an aromatic ring is 1. The zero-order chi connectivity index (χ0) is 14.4. The standard InChI is InChI=1S/C15H24N2O2/c1-5-11(4)17(6-2)14-9-8-12(16)10-13(14)15(18)19-7-3/h8-11H,5-7,16H2,1-4H3. The second-order valence-electron chi connectivity index (χ2n) is 4.54. The molecule has 0 aliphatic heterocycles. The molecule has 0 saturated heterocycles. The molecule has 4 nitrogen and oxygen atoms in total. The van der Waals surface area contributed by atoms with E-state index in [0.29, 0.717) is 23.9 Å². The van der Waals surface area contributed by atoms with Crippen LogP contribution in [-0.4, -0.2) is 25.2 Å². The molecule has 1 unspecified atom stereocenters. The number of ether oxygens (including phenoxy) is 1. The molecule has 0 amide bonds. The lowest BCUT2D eigenvalue weighted by atomic mass is 10.1. The third kappa shape index (κ3) is 3.63. The van der Waals surface area contributed by atoms with E-state index in [1.807, 2.05) is 12.1 Å². The Balaban J connectivity index is 3.21. The molecule has 0 heterocycles. The number of carbonyl (C=O) groups excluding carboxylic acids is 1. The van der Waals surface area contributed by atoms with E-state index in [1.54, 1.807) is 13.0 Å². The Labute approximate surface area is 115 Å². The normalized spacial score (nSPS) is 12.0. The molecule has 1 atom stereocenters. The first kappa shape index (κ1) is 15.3. The number of hydrogen-bond donors (Lipinski definition) is 1. The van der Waals surface area contributed by atoms with Crippen LogP contribution in [0, 0.1) is 0 Å². The van der Waals surface area contributed by atoms with E-state index < -0.39 is 0 Å². The van der Waals surface area contributed by atoms with Crippen LogP contribution in [0.4, 0.5) is 11.4 Å². The molecule has 0 bridgehead atoms. The summed E-state index contributed by atoms with van der Waals surface area (Å²) in [4.78, 5) is 14.2. The maximum absolute atomic E-state index is 12.0. The molecule has 0 aliphatic carbocycles. The quantitative estimate of drug-likeness (QED) is 0.633. The van der Waals surface area contributed by atoms with E-state index >= 15 is 0 Å². The lowest BCUT2D eigenvalue weighted by molar-refractivity contribution is 0.0527. The number of hydrogen-bond acceptors (Lipinski definition) is 4. The summed E-state index contributed by atoms with van der Waals surface area (Å²) in [6.45, 7) is 9.37. The van der Waals surface area contributed by atoms with Crippen molar-refractivity contribution in [2.45, 2.75) is 40.2 Å². The summed E-state index contributed by atoms with van der Waals surface area (Å²) in [6, 6.07) is 5.78. The predicted octanol–water partition coefficient (Wildman–Crippen LogP) is 3.07. The Morgan fingerprint density at radius 2 is 2.05 bits per heavy atom. The molecule has 0 aliphatic rings. The highest BCUT2D eigenvalue weighted by atomic mass is 16.5. The van der Waals surface area contributed by atoms with Gasteiger partial charge in [-0.3, -0.25) is 0 Å². The largest absolute Gasteiger partial charge is 0.462 e. The van der Waals surface area contributed by atoms with Gasteiger partial charge in [0.15, 0.2) is 0 Å². The SMILES string of the molecule is CCOC(=O)c1cc(N)ccc1N(CC)C(C)CC. The van der Waals surface area contributed by atoms with E-state index in [2.05, 4.69) is 25.7 Å². The molecule has 106 valence electrons.